The molecule has 2 N–H and O–H groups in total. The van der Waals surface area contributed by atoms with Crippen LogP contribution in [0.3, 0.4) is 0 Å². The minimum atomic E-state index is -3.91. The lowest BCUT2D eigenvalue weighted by Gasteiger charge is -2.19. The molecule has 0 fully saturated rings. The summed E-state index contributed by atoms with van der Waals surface area (Å²) in [5.41, 5.74) is 1.44. The minimum absolute atomic E-state index is 0.0591. The van der Waals surface area contributed by atoms with Gasteiger partial charge in [0, 0.05) is 5.69 Å². The van der Waals surface area contributed by atoms with Crippen LogP contribution in [0, 0.1) is 0 Å². The van der Waals surface area contributed by atoms with Crippen molar-refractivity contribution in [2.24, 2.45) is 0 Å². The number of hydrogen-bond donors (Lipinski definition) is 2. The van der Waals surface area contributed by atoms with Gasteiger partial charge in [-0.05, 0) is 48.4 Å². The van der Waals surface area contributed by atoms with Gasteiger partial charge >= 0.3 is 0 Å². The van der Waals surface area contributed by atoms with Crippen molar-refractivity contribution in [1.82, 2.24) is 4.72 Å². The molecule has 0 unspecified atom stereocenters. The van der Waals surface area contributed by atoms with Crippen LogP contribution in [0.25, 0.3) is 0 Å². The van der Waals surface area contributed by atoms with Crippen molar-refractivity contribution in [2.75, 3.05) is 12.4 Å². The molecule has 3 rings (SSSR count). The van der Waals surface area contributed by atoms with Gasteiger partial charge in [-0.2, -0.15) is 4.72 Å². The lowest BCUT2D eigenvalue weighted by atomic mass is 10.1. The molecule has 1 atom stereocenters. The number of sulfonamides is 1. The van der Waals surface area contributed by atoms with Crippen molar-refractivity contribution < 1.29 is 17.9 Å². The maximum Gasteiger partial charge on any atom is 0.242 e. The van der Waals surface area contributed by atoms with Crippen molar-refractivity contribution in [2.45, 2.75) is 17.4 Å². The molecular formula is C22H22N2O4S. The number of hydrogen-bond acceptors (Lipinski definition) is 4. The largest absolute Gasteiger partial charge is 0.497 e. The molecule has 1 amide bonds. The van der Waals surface area contributed by atoms with E-state index in [0.717, 1.165) is 5.56 Å². The summed E-state index contributed by atoms with van der Waals surface area (Å²) < 4.78 is 33.3. The van der Waals surface area contributed by atoms with E-state index in [1.54, 1.807) is 36.4 Å². The highest BCUT2D eigenvalue weighted by atomic mass is 32.2. The Labute approximate surface area is 170 Å². The highest BCUT2D eigenvalue weighted by Crippen LogP contribution is 2.17. The summed E-state index contributed by atoms with van der Waals surface area (Å²) in [7, 11) is -2.40. The summed E-state index contributed by atoms with van der Waals surface area (Å²) >= 11 is 0. The first-order chi connectivity index (χ1) is 14.0. The number of methoxy groups -OCH3 is 1. The molecule has 3 aromatic rings. The normalized spacial score (nSPS) is 12.2. The first kappa shape index (κ1) is 20.6. The number of nitrogens with one attached hydrogen (secondary N) is 2. The third-order valence-electron chi connectivity index (χ3n) is 4.31. The van der Waals surface area contributed by atoms with Gasteiger partial charge in [0.25, 0.3) is 0 Å². The van der Waals surface area contributed by atoms with Gasteiger partial charge in [0.1, 0.15) is 11.8 Å². The highest BCUT2D eigenvalue weighted by Gasteiger charge is 2.26. The van der Waals surface area contributed by atoms with E-state index in [2.05, 4.69) is 10.0 Å². The number of carbonyl (C=O) groups is 1. The molecule has 150 valence electrons. The second-order valence-electron chi connectivity index (χ2n) is 6.39. The van der Waals surface area contributed by atoms with E-state index in [0.29, 0.717) is 11.4 Å². The summed E-state index contributed by atoms with van der Waals surface area (Å²) in [5.74, 6) is 0.115. The quantitative estimate of drug-likeness (QED) is 0.597. The standard InChI is InChI=1S/C22H22N2O4S/c1-28-19-12-14-20(15-13-19)29(26,27)24-21(16-17-8-4-2-5-9-17)22(25)23-18-10-6-3-7-11-18/h2-15,21,24H,16H2,1H3,(H,23,25)/t21-/m1/s1. The Morgan fingerprint density at radius 1 is 0.897 bits per heavy atom. The molecule has 3 aromatic carbocycles. The Morgan fingerprint density at radius 3 is 2.07 bits per heavy atom. The monoisotopic (exact) mass is 410 g/mol. The molecule has 0 heterocycles. The number of anilines is 1. The second kappa shape index (κ2) is 9.36. The van der Waals surface area contributed by atoms with E-state index in [4.69, 9.17) is 4.74 Å². The molecule has 0 bridgehead atoms. The van der Waals surface area contributed by atoms with Crippen molar-refractivity contribution in [3.05, 3.63) is 90.5 Å². The van der Waals surface area contributed by atoms with Crippen molar-refractivity contribution in [3.63, 3.8) is 0 Å². The average Bonchev–Trinajstić information content (AvgIpc) is 2.74. The van der Waals surface area contributed by atoms with Gasteiger partial charge in [-0.1, -0.05) is 48.5 Å². The first-order valence-corrected chi connectivity index (χ1v) is 10.5. The zero-order valence-electron chi connectivity index (χ0n) is 15.9. The van der Waals surface area contributed by atoms with E-state index in [9.17, 15) is 13.2 Å². The molecule has 0 aliphatic heterocycles. The van der Waals surface area contributed by atoms with Crippen molar-refractivity contribution in [1.29, 1.82) is 0 Å². The average molecular weight is 410 g/mol. The number of ether oxygens (including phenoxy) is 1. The third-order valence-corrected chi connectivity index (χ3v) is 5.80. The summed E-state index contributed by atoms with van der Waals surface area (Å²) in [5, 5.41) is 2.77. The van der Waals surface area contributed by atoms with Crippen LogP contribution < -0.4 is 14.8 Å². The number of para-hydroxylation sites is 1. The third kappa shape index (κ3) is 5.66. The van der Waals surface area contributed by atoms with Gasteiger partial charge in [-0.25, -0.2) is 8.42 Å². The molecule has 0 saturated carbocycles. The molecule has 0 radical (unpaired) electrons. The molecule has 0 aliphatic rings. The fourth-order valence-corrected chi connectivity index (χ4v) is 3.99. The van der Waals surface area contributed by atoms with Crippen LogP contribution in [0.4, 0.5) is 5.69 Å². The zero-order valence-corrected chi connectivity index (χ0v) is 16.7. The molecule has 0 aromatic heterocycles. The smallest absolute Gasteiger partial charge is 0.242 e. The Morgan fingerprint density at radius 2 is 1.48 bits per heavy atom. The van der Waals surface area contributed by atoms with Gasteiger partial charge < -0.3 is 10.1 Å². The van der Waals surface area contributed by atoms with Gasteiger partial charge in [-0.3, -0.25) is 4.79 Å². The van der Waals surface area contributed by atoms with E-state index >= 15 is 0 Å². The lowest BCUT2D eigenvalue weighted by molar-refractivity contribution is -0.117. The summed E-state index contributed by atoms with van der Waals surface area (Å²) in [4.78, 5) is 12.9. The molecule has 6 nitrogen and oxygen atoms in total. The van der Waals surface area contributed by atoms with Crippen LogP contribution in [0.5, 0.6) is 5.75 Å². The second-order valence-corrected chi connectivity index (χ2v) is 8.11. The van der Waals surface area contributed by atoms with Gasteiger partial charge in [0.2, 0.25) is 15.9 Å². The molecule has 0 saturated heterocycles. The Balaban J connectivity index is 1.84. The van der Waals surface area contributed by atoms with Gasteiger partial charge in [0.15, 0.2) is 0 Å². The number of rotatable bonds is 8. The van der Waals surface area contributed by atoms with Crippen LogP contribution >= 0.6 is 0 Å². The maximum absolute atomic E-state index is 12.9. The van der Waals surface area contributed by atoms with Gasteiger partial charge in [-0.15, -0.1) is 0 Å². The Hall–Kier alpha value is -3.16. The van der Waals surface area contributed by atoms with Crippen molar-refractivity contribution in [3.8, 4) is 5.75 Å². The molecule has 0 spiro atoms. The number of benzene rings is 3. The summed E-state index contributed by atoms with van der Waals surface area (Å²) in [6.45, 7) is 0. The van der Waals surface area contributed by atoms with Crippen LogP contribution in [-0.4, -0.2) is 27.5 Å². The number of carbonyl (C=O) groups excluding carboxylic acids is 1. The highest BCUT2D eigenvalue weighted by molar-refractivity contribution is 7.89. The van der Waals surface area contributed by atoms with Crippen LogP contribution in [0.15, 0.2) is 89.8 Å². The van der Waals surface area contributed by atoms with E-state index in [1.165, 1.54) is 19.2 Å². The summed E-state index contributed by atoms with van der Waals surface area (Å²) in [6, 6.07) is 23.2. The number of amides is 1. The van der Waals surface area contributed by atoms with E-state index < -0.39 is 22.0 Å². The SMILES string of the molecule is COc1ccc(S(=O)(=O)N[C@H](Cc2ccccc2)C(=O)Nc2ccccc2)cc1. The first-order valence-electron chi connectivity index (χ1n) is 9.04. The molecule has 7 heteroatoms. The molecule has 0 aliphatic carbocycles. The molecular weight excluding hydrogens is 388 g/mol. The minimum Gasteiger partial charge on any atom is -0.497 e. The molecule has 29 heavy (non-hydrogen) atoms. The van der Waals surface area contributed by atoms with Crippen LogP contribution in [0.1, 0.15) is 5.56 Å². The Bertz CT molecular complexity index is 1040. The fraction of sp³-hybridized carbons (Fsp3) is 0.136. The fourth-order valence-electron chi connectivity index (χ4n) is 2.80. The van der Waals surface area contributed by atoms with E-state index in [-0.39, 0.29) is 11.3 Å². The Kier molecular flexibility index (Phi) is 6.64. The van der Waals surface area contributed by atoms with Crippen molar-refractivity contribution >= 4 is 21.6 Å². The van der Waals surface area contributed by atoms with Crippen LogP contribution in [0.2, 0.25) is 0 Å². The topological polar surface area (TPSA) is 84.5 Å². The van der Waals surface area contributed by atoms with Crippen LogP contribution in [-0.2, 0) is 21.2 Å². The summed E-state index contributed by atoms with van der Waals surface area (Å²) in [6.07, 6.45) is 0.217. The van der Waals surface area contributed by atoms with Gasteiger partial charge in [0.05, 0.1) is 12.0 Å². The predicted molar refractivity (Wildman–Crippen MR) is 112 cm³/mol. The van der Waals surface area contributed by atoms with E-state index in [1.807, 2.05) is 36.4 Å². The zero-order chi connectivity index (χ0) is 20.7. The maximum atomic E-state index is 12.9. The lowest BCUT2D eigenvalue weighted by Crippen LogP contribution is -2.45. The predicted octanol–water partition coefficient (Wildman–Crippen LogP) is 3.22.